The van der Waals surface area contributed by atoms with Gasteiger partial charge in [0.05, 0.1) is 0 Å². The quantitative estimate of drug-likeness (QED) is 0.258. The number of para-hydroxylation sites is 2. The summed E-state index contributed by atoms with van der Waals surface area (Å²) in [5, 5.41) is 3.88. The molecule has 5 rings (SSSR count). The van der Waals surface area contributed by atoms with Gasteiger partial charge in [-0.1, -0.05) is 95.6 Å². The van der Waals surface area contributed by atoms with Crippen LogP contribution < -0.4 is 15.0 Å². The van der Waals surface area contributed by atoms with E-state index in [1.54, 1.807) is 0 Å². The van der Waals surface area contributed by atoms with Gasteiger partial charge >= 0.3 is 0 Å². The van der Waals surface area contributed by atoms with E-state index in [0.29, 0.717) is 19.0 Å². The van der Waals surface area contributed by atoms with Crippen molar-refractivity contribution in [3.8, 4) is 5.75 Å². The Labute approximate surface area is 274 Å². The van der Waals surface area contributed by atoms with Gasteiger partial charge in [0, 0.05) is 50.1 Å². The SMILES string of the molecule is C=C.CC.CC.Cc1ccc(OCC(=O)N2CCN(C(C)C3Nc4ccccc4CN3c3ccccc3CC(C)C)CC2)cc1. The first-order valence-electron chi connectivity index (χ1n) is 16.8. The van der Waals surface area contributed by atoms with E-state index in [1.807, 2.05) is 63.8 Å². The number of piperazine rings is 1. The van der Waals surface area contributed by atoms with Gasteiger partial charge in [0.2, 0.25) is 0 Å². The van der Waals surface area contributed by atoms with E-state index in [-0.39, 0.29) is 24.7 Å². The summed E-state index contributed by atoms with van der Waals surface area (Å²) in [5.74, 6) is 1.38. The van der Waals surface area contributed by atoms with Crippen LogP contribution in [0.4, 0.5) is 11.4 Å². The highest BCUT2D eigenvalue weighted by Gasteiger charge is 2.35. The van der Waals surface area contributed by atoms with Crippen molar-refractivity contribution in [3.05, 3.63) is 103 Å². The lowest BCUT2D eigenvalue weighted by Crippen LogP contribution is -2.60. The summed E-state index contributed by atoms with van der Waals surface area (Å²) in [4.78, 5) is 19.9. The molecule has 246 valence electrons. The number of nitrogens with one attached hydrogen (secondary N) is 1. The fraction of sp³-hybridized carbons (Fsp3) is 0.462. The number of rotatable bonds is 8. The minimum Gasteiger partial charge on any atom is -0.484 e. The fourth-order valence-electron chi connectivity index (χ4n) is 5.79. The molecule has 3 aromatic carbocycles. The molecule has 2 heterocycles. The number of aryl methyl sites for hydroxylation is 1. The van der Waals surface area contributed by atoms with Gasteiger partial charge in [-0.25, -0.2) is 0 Å². The molecule has 45 heavy (non-hydrogen) atoms. The van der Waals surface area contributed by atoms with E-state index in [2.05, 4.69) is 97.6 Å². The Bertz CT molecular complexity index is 1270. The van der Waals surface area contributed by atoms with E-state index in [4.69, 9.17) is 4.74 Å². The molecule has 0 aromatic heterocycles. The third-order valence-corrected chi connectivity index (χ3v) is 8.01. The van der Waals surface area contributed by atoms with Crippen LogP contribution in [0, 0.1) is 12.8 Å². The molecule has 0 bridgehead atoms. The summed E-state index contributed by atoms with van der Waals surface area (Å²) in [6.45, 7) is 27.0. The largest absolute Gasteiger partial charge is 0.484 e. The van der Waals surface area contributed by atoms with Gasteiger partial charge in [-0.3, -0.25) is 9.69 Å². The minimum atomic E-state index is 0.0526. The maximum absolute atomic E-state index is 12.9. The van der Waals surface area contributed by atoms with E-state index < -0.39 is 0 Å². The van der Waals surface area contributed by atoms with Gasteiger partial charge in [0.25, 0.3) is 5.91 Å². The zero-order valence-corrected chi connectivity index (χ0v) is 29.2. The van der Waals surface area contributed by atoms with Crippen molar-refractivity contribution in [2.24, 2.45) is 5.92 Å². The molecule has 0 radical (unpaired) electrons. The smallest absolute Gasteiger partial charge is 0.260 e. The average molecular weight is 615 g/mol. The summed E-state index contributed by atoms with van der Waals surface area (Å²) in [5.41, 5.74) is 6.43. The molecule has 2 unspecified atom stereocenters. The first kappa shape index (κ1) is 37.4. The molecular weight excluding hydrogens is 556 g/mol. The lowest BCUT2D eigenvalue weighted by atomic mass is 9.97. The number of anilines is 2. The first-order valence-corrected chi connectivity index (χ1v) is 16.8. The van der Waals surface area contributed by atoms with Crippen molar-refractivity contribution in [2.75, 3.05) is 43.0 Å². The number of fused-ring (bicyclic) bond motifs is 1. The second-order valence-corrected chi connectivity index (χ2v) is 11.4. The van der Waals surface area contributed by atoms with Crippen molar-refractivity contribution in [1.82, 2.24) is 9.80 Å². The molecule has 0 spiro atoms. The van der Waals surface area contributed by atoms with Crippen LogP contribution in [0.25, 0.3) is 0 Å². The molecule has 2 aliphatic rings. The Morgan fingerprint density at radius 3 is 2.11 bits per heavy atom. The van der Waals surface area contributed by atoms with E-state index in [1.165, 1.54) is 28.1 Å². The van der Waals surface area contributed by atoms with Gasteiger partial charge < -0.3 is 19.9 Å². The molecule has 6 nitrogen and oxygen atoms in total. The molecule has 1 N–H and O–H groups in total. The Balaban J connectivity index is 0.00000111. The predicted molar refractivity (Wildman–Crippen MR) is 193 cm³/mol. The van der Waals surface area contributed by atoms with Gasteiger partial charge in [-0.05, 0) is 61.6 Å². The number of hydrogen-bond acceptors (Lipinski definition) is 5. The molecular formula is C39H58N4O2. The van der Waals surface area contributed by atoms with Crippen molar-refractivity contribution in [3.63, 3.8) is 0 Å². The van der Waals surface area contributed by atoms with Crippen molar-refractivity contribution in [2.45, 2.75) is 80.6 Å². The number of amides is 1. The Morgan fingerprint density at radius 2 is 1.47 bits per heavy atom. The van der Waals surface area contributed by atoms with Crippen LogP contribution in [0.3, 0.4) is 0 Å². The summed E-state index contributed by atoms with van der Waals surface area (Å²) >= 11 is 0. The number of nitrogens with zero attached hydrogens (tertiary/aromatic N) is 3. The monoisotopic (exact) mass is 614 g/mol. The molecule has 1 amide bonds. The van der Waals surface area contributed by atoms with Crippen LogP contribution in [-0.2, 0) is 17.8 Å². The summed E-state index contributed by atoms with van der Waals surface area (Å²) in [6, 6.07) is 25.6. The van der Waals surface area contributed by atoms with Crippen LogP contribution in [-0.4, -0.2) is 60.7 Å². The fourth-order valence-corrected chi connectivity index (χ4v) is 5.79. The molecule has 6 heteroatoms. The number of benzene rings is 3. The van der Waals surface area contributed by atoms with Crippen LogP contribution >= 0.6 is 0 Å². The second kappa shape index (κ2) is 19.6. The number of carbonyl (C=O) groups is 1. The van der Waals surface area contributed by atoms with Gasteiger partial charge in [-0.2, -0.15) is 0 Å². The number of hydrogen-bond donors (Lipinski definition) is 1. The lowest BCUT2D eigenvalue weighted by Gasteiger charge is -2.48. The van der Waals surface area contributed by atoms with Crippen molar-refractivity contribution in [1.29, 1.82) is 0 Å². The minimum absolute atomic E-state index is 0.0526. The highest BCUT2D eigenvalue weighted by molar-refractivity contribution is 5.78. The van der Waals surface area contributed by atoms with Gasteiger partial charge in [0.15, 0.2) is 6.61 Å². The van der Waals surface area contributed by atoms with Gasteiger partial charge in [-0.15, -0.1) is 13.2 Å². The molecule has 3 aromatic rings. The predicted octanol–water partition coefficient (Wildman–Crippen LogP) is 8.42. The van der Waals surface area contributed by atoms with Crippen LogP contribution in [0.2, 0.25) is 0 Å². The zero-order valence-electron chi connectivity index (χ0n) is 29.2. The summed E-state index contributed by atoms with van der Waals surface area (Å²) < 4.78 is 5.76. The van der Waals surface area contributed by atoms with Gasteiger partial charge in [0.1, 0.15) is 11.9 Å². The summed E-state index contributed by atoms with van der Waals surface area (Å²) in [6.07, 6.45) is 1.18. The zero-order chi connectivity index (χ0) is 33.4. The van der Waals surface area contributed by atoms with E-state index in [9.17, 15) is 4.79 Å². The topological polar surface area (TPSA) is 48.1 Å². The molecule has 0 aliphatic carbocycles. The van der Waals surface area contributed by atoms with Crippen molar-refractivity contribution < 1.29 is 9.53 Å². The maximum atomic E-state index is 12.9. The van der Waals surface area contributed by atoms with Crippen LogP contribution in [0.15, 0.2) is 86.0 Å². The second-order valence-electron chi connectivity index (χ2n) is 11.4. The number of carbonyl (C=O) groups excluding carboxylic acids is 1. The first-order chi connectivity index (χ1) is 21.9. The molecule has 0 saturated carbocycles. The van der Waals surface area contributed by atoms with E-state index in [0.717, 1.165) is 31.8 Å². The average Bonchev–Trinajstić information content (AvgIpc) is 3.09. The lowest BCUT2D eigenvalue weighted by molar-refractivity contribution is -0.135. The Kier molecular flexibility index (Phi) is 16.3. The molecule has 1 saturated heterocycles. The summed E-state index contributed by atoms with van der Waals surface area (Å²) in [7, 11) is 0. The third kappa shape index (κ3) is 10.4. The molecule has 1 fully saturated rings. The Hall–Kier alpha value is -3.77. The van der Waals surface area contributed by atoms with Crippen LogP contribution in [0.5, 0.6) is 5.75 Å². The Morgan fingerprint density at radius 1 is 0.867 bits per heavy atom. The molecule has 2 atom stereocenters. The van der Waals surface area contributed by atoms with Crippen molar-refractivity contribution >= 4 is 17.3 Å². The third-order valence-electron chi connectivity index (χ3n) is 8.01. The normalized spacial score (nSPS) is 16.3. The van der Waals surface area contributed by atoms with Crippen LogP contribution in [0.1, 0.15) is 65.2 Å². The molecule has 2 aliphatic heterocycles. The maximum Gasteiger partial charge on any atom is 0.260 e. The highest BCUT2D eigenvalue weighted by Crippen LogP contribution is 2.34. The van der Waals surface area contributed by atoms with E-state index >= 15 is 0 Å². The number of ether oxygens (including phenoxy) is 1. The highest BCUT2D eigenvalue weighted by atomic mass is 16.5. The standard InChI is InChI=1S/C33H42N4O2.2C2H6.C2H4/c1-24(2)21-27-9-6-8-12-31(27)37-22-28-10-5-7-11-30(28)34-33(37)26(4)35-17-19-36(20-18-35)32(38)23-39-29-15-13-25(3)14-16-29;3*1-2/h5-16,24,26,33-34H,17-23H2,1-4H3;2*1-2H3;1-2H2.